The number of nitrogens with one attached hydrogen (secondary N) is 1. The molecule has 0 radical (unpaired) electrons. The molecule has 2 amide bonds. The highest BCUT2D eigenvalue weighted by molar-refractivity contribution is 5.81. The van der Waals surface area contributed by atoms with Crippen LogP contribution in [0.1, 0.15) is 57.4 Å². The number of carbonyl (C=O) groups is 2. The molecule has 31 heavy (non-hydrogen) atoms. The number of ether oxygens (including phenoxy) is 1. The number of hydrogen-bond acceptors (Lipinski definition) is 3. The molecule has 0 spiro atoms. The first-order valence-electron chi connectivity index (χ1n) is 10.8. The van der Waals surface area contributed by atoms with Crippen LogP contribution in [0.3, 0.4) is 0 Å². The summed E-state index contributed by atoms with van der Waals surface area (Å²) in [4.78, 5) is 27.1. The topological polar surface area (TPSA) is 58.6 Å². The molecular formula is C25H31FN2O3. The minimum absolute atomic E-state index is 0.0232. The zero-order valence-corrected chi connectivity index (χ0v) is 18.8. The second kappa shape index (κ2) is 9.50. The quantitative estimate of drug-likeness (QED) is 0.751. The third kappa shape index (κ3) is 5.24. The fourth-order valence-electron chi connectivity index (χ4n) is 3.93. The maximum Gasteiger partial charge on any atom is 0.260 e. The van der Waals surface area contributed by atoms with E-state index in [4.69, 9.17) is 4.74 Å². The zero-order valence-electron chi connectivity index (χ0n) is 18.8. The average molecular weight is 427 g/mol. The van der Waals surface area contributed by atoms with Gasteiger partial charge in [-0.2, -0.15) is 0 Å². The van der Waals surface area contributed by atoms with Crippen LogP contribution in [0, 0.1) is 11.7 Å². The monoisotopic (exact) mass is 426 g/mol. The molecule has 0 saturated carbocycles. The average Bonchev–Trinajstić information content (AvgIpc) is 2.71. The molecule has 0 fully saturated rings. The van der Waals surface area contributed by atoms with E-state index in [0.717, 1.165) is 16.7 Å². The number of halogens is 1. The van der Waals surface area contributed by atoms with Gasteiger partial charge in [0.05, 0.1) is 6.04 Å². The molecule has 1 aliphatic rings. The lowest BCUT2D eigenvalue weighted by Gasteiger charge is -2.39. The normalized spacial score (nSPS) is 16.8. The largest absolute Gasteiger partial charge is 0.481 e. The summed E-state index contributed by atoms with van der Waals surface area (Å²) in [5.41, 5.74) is 2.71. The molecule has 166 valence electrons. The Labute approximate surface area is 183 Å². The molecule has 1 heterocycles. The van der Waals surface area contributed by atoms with Gasteiger partial charge in [0.2, 0.25) is 5.91 Å². The SMILES string of the molecule is CC(C)NC(=O)[C@H](C)Oc1ccc2c(c1)[C@@H](c1cccc(F)c1)N(C(=O)C(C)C)CC2. The molecule has 2 aromatic rings. The number of carbonyl (C=O) groups excluding carboxylic acids is 2. The summed E-state index contributed by atoms with van der Waals surface area (Å²) in [7, 11) is 0. The summed E-state index contributed by atoms with van der Waals surface area (Å²) in [6.45, 7) is 9.80. The molecule has 0 aliphatic carbocycles. The Morgan fingerprint density at radius 1 is 1.10 bits per heavy atom. The molecule has 0 aromatic heterocycles. The minimum Gasteiger partial charge on any atom is -0.481 e. The van der Waals surface area contributed by atoms with Gasteiger partial charge in [-0.05, 0) is 68.1 Å². The summed E-state index contributed by atoms with van der Waals surface area (Å²) in [5.74, 6) is -0.128. The minimum atomic E-state index is -0.662. The van der Waals surface area contributed by atoms with Crippen molar-refractivity contribution in [1.82, 2.24) is 10.2 Å². The highest BCUT2D eigenvalue weighted by atomic mass is 19.1. The van der Waals surface area contributed by atoms with Crippen LogP contribution in [0.2, 0.25) is 0 Å². The van der Waals surface area contributed by atoms with E-state index in [0.29, 0.717) is 18.7 Å². The number of hydrogen-bond donors (Lipinski definition) is 1. The predicted molar refractivity (Wildman–Crippen MR) is 118 cm³/mol. The van der Waals surface area contributed by atoms with Crippen molar-refractivity contribution >= 4 is 11.8 Å². The predicted octanol–water partition coefficient (Wildman–Crippen LogP) is 4.25. The lowest BCUT2D eigenvalue weighted by Crippen LogP contribution is -2.42. The number of nitrogens with zero attached hydrogens (tertiary/aromatic N) is 1. The van der Waals surface area contributed by atoms with E-state index in [1.54, 1.807) is 13.0 Å². The summed E-state index contributed by atoms with van der Waals surface area (Å²) in [6, 6.07) is 11.7. The van der Waals surface area contributed by atoms with Gasteiger partial charge in [0, 0.05) is 18.5 Å². The summed E-state index contributed by atoms with van der Waals surface area (Å²) < 4.78 is 20.0. The highest BCUT2D eigenvalue weighted by Crippen LogP contribution is 2.38. The zero-order chi connectivity index (χ0) is 22.7. The Balaban J connectivity index is 1.99. The molecule has 3 rings (SSSR count). The van der Waals surface area contributed by atoms with Gasteiger partial charge in [-0.1, -0.05) is 32.0 Å². The van der Waals surface area contributed by atoms with Crippen LogP contribution in [0.25, 0.3) is 0 Å². The van der Waals surface area contributed by atoms with Crippen molar-refractivity contribution in [2.75, 3.05) is 6.54 Å². The number of rotatable bonds is 6. The molecule has 0 bridgehead atoms. The molecule has 0 saturated heterocycles. The Morgan fingerprint density at radius 2 is 1.84 bits per heavy atom. The molecule has 2 aromatic carbocycles. The van der Waals surface area contributed by atoms with Gasteiger partial charge >= 0.3 is 0 Å². The van der Waals surface area contributed by atoms with E-state index in [1.165, 1.54) is 12.1 Å². The smallest absolute Gasteiger partial charge is 0.260 e. The molecule has 0 unspecified atom stereocenters. The van der Waals surface area contributed by atoms with Crippen LogP contribution < -0.4 is 10.1 Å². The first-order valence-corrected chi connectivity index (χ1v) is 10.8. The third-order valence-corrected chi connectivity index (χ3v) is 5.40. The number of fused-ring (bicyclic) bond motifs is 1. The lowest BCUT2D eigenvalue weighted by atomic mass is 9.87. The fourth-order valence-corrected chi connectivity index (χ4v) is 3.93. The molecule has 1 N–H and O–H groups in total. The fraction of sp³-hybridized carbons (Fsp3) is 0.440. The Morgan fingerprint density at radius 3 is 2.48 bits per heavy atom. The maximum atomic E-state index is 14.1. The van der Waals surface area contributed by atoms with E-state index in [1.807, 2.05) is 56.9 Å². The lowest BCUT2D eigenvalue weighted by molar-refractivity contribution is -0.136. The standard InChI is InChI=1S/C25H31FN2O3/c1-15(2)25(30)28-12-11-18-9-10-21(31-17(5)24(29)27-16(3)4)14-22(18)23(28)19-7-6-8-20(26)13-19/h6-10,13-17,23H,11-12H2,1-5H3,(H,27,29)/t17-,23+/m0/s1. The van der Waals surface area contributed by atoms with E-state index < -0.39 is 12.1 Å². The first-order chi connectivity index (χ1) is 14.7. The van der Waals surface area contributed by atoms with Gasteiger partial charge < -0.3 is 15.0 Å². The molecule has 5 nitrogen and oxygen atoms in total. The molecular weight excluding hydrogens is 395 g/mol. The van der Waals surface area contributed by atoms with Crippen molar-refractivity contribution in [2.45, 2.75) is 59.2 Å². The van der Waals surface area contributed by atoms with Gasteiger partial charge in [0.1, 0.15) is 11.6 Å². The van der Waals surface area contributed by atoms with Gasteiger partial charge in [-0.15, -0.1) is 0 Å². The summed E-state index contributed by atoms with van der Waals surface area (Å²) >= 11 is 0. The third-order valence-electron chi connectivity index (χ3n) is 5.40. The highest BCUT2D eigenvalue weighted by Gasteiger charge is 2.33. The van der Waals surface area contributed by atoms with E-state index in [9.17, 15) is 14.0 Å². The van der Waals surface area contributed by atoms with Crippen LogP contribution >= 0.6 is 0 Å². The first kappa shape index (κ1) is 22.8. The van der Waals surface area contributed by atoms with E-state index in [2.05, 4.69) is 5.32 Å². The van der Waals surface area contributed by atoms with Crippen molar-refractivity contribution < 1.29 is 18.7 Å². The van der Waals surface area contributed by atoms with Gasteiger partial charge in [0.15, 0.2) is 6.10 Å². The summed E-state index contributed by atoms with van der Waals surface area (Å²) in [6.07, 6.45) is 0.0496. The van der Waals surface area contributed by atoms with E-state index >= 15 is 0 Å². The molecule has 6 heteroatoms. The van der Waals surface area contributed by atoms with Crippen LogP contribution in [0.5, 0.6) is 5.75 Å². The van der Waals surface area contributed by atoms with Crippen molar-refractivity contribution in [3.8, 4) is 5.75 Å². The van der Waals surface area contributed by atoms with Crippen molar-refractivity contribution in [3.63, 3.8) is 0 Å². The van der Waals surface area contributed by atoms with Gasteiger partial charge in [-0.3, -0.25) is 9.59 Å². The van der Waals surface area contributed by atoms with E-state index in [-0.39, 0.29) is 29.6 Å². The van der Waals surface area contributed by atoms with Crippen molar-refractivity contribution in [1.29, 1.82) is 0 Å². The number of benzene rings is 2. The molecule has 1 aliphatic heterocycles. The Bertz CT molecular complexity index is 958. The molecule has 2 atom stereocenters. The van der Waals surface area contributed by atoms with Crippen LogP contribution in [0.15, 0.2) is 42.5 Å². The van der Waals surface area contributed by atoms with Gasteiger partial charge in [0.25, 0.3) is 5.91 Å². The van der Waals surface area contributed by atoms with Crippen LogP contribution in [0.4, 0.5) is 4.39 Å². The van der Waals surface area contributed by atoms with Crippen LogP contribution in [-0.2, 0) is 16.0 Å². The second-order valence-electron chi connectivity index (χ2n) is 8.68. The maximum absolute atomic E-state index is 14.1. The van der Waals surface area contributed by atoms with Crippen LogP contribution in [-0.4, -0.2) is 35.4 Å². The van der Waals surface area contributed by atoms with Gasteiger partial charge in [-0.25, -0.2) is 4.39 Å². The Hall–Kier alpha value is -2.89. The summed E-state index contributed by atoms with van der Waals surface area (Å²) in [5, 5.41) is 2.84. The number of amides is 2. The second-order valence-corrected chi connectivity index (χ2v) is 8.68. The van der Waals surface area contributed by atoms with Crippen molar-refractivity contribution in [3.05, 3.63) is 65.0 Å². The Kier molecular flexibility index (Phi) is 6.98. The van der Waals surface area contributed by atoms with Crippen molar-refractivity contribution in [2.24, 2.45) is 5.92 Å².